The topological polar surface area (TPSA) is 37.3 Å². The Morgan fingerprint density at radius 3 is 2.10 bits per heavy atom. The number of hydrogen-bond acceptors (Lipinski definition) is 1. The van der Waals surface area contributed by atoms with Crippen LogP contribution in [-0.4, -0.2) is 11.1 Å². The van der Waals surface area contributed by atoms with E-state index >= 15 is 0 Å². The van der Waals surface area contributed by atoms with Crippen LogP contribution >= 0.6 is 0 Å². The molecule has 1 unspecified atom stereocenters. The van der Waals surface area contributed by atoms with Crippen molar-refractivity contribution in [2.45, 2.75) is 33.6 Å². The molecule has 0 aliphatic heterocycles. The Labute approximate surface area is 126 Å². The SMILES string of the molecule is Cc1cc(C)c(CC(Cc2ccccc2)C(=O)O)c(C)c1. The fourth-order valence-corrected chi connectivity index (χ4v) is 2.92. The van der Waals surface area contributed by atoms with Gasteiger partial charge in [0.15, 0.2) is 0 Å². The zero-order valence-electron chi connectivity index (χ0n) is 12.9. The molecule has 0 spiro atoms. The first-order chi connectivity index (χ1) is 9.97. The maximum atomic E-state index is 11.6. The molecule has 0 saturated heterocycles. The van der Waals surface area contributed by atoms with Gasteiger partial charge in [-0.05, 0) is 55.9 Å². The molecule has 110 valence electrons. The van der Waals surface area contributed by atoms with Crippen molar-refractivity contribution in [3.63, 3.8) is 0 Å². The van der Waals surface area contributed by atoms with Crippen LogP contribution < -0.4 is 0 Å². The molecule has 1 atom stereocenters. The molecule has 1 N–H and O–H groups in total. The monoisotopic (exact) mass is 282 g/mol. The summed E-state index contributed by atoms with van der Waals surface area (Å²) >= 11 is 0. The van der Waals surface area contributed by atoms with E-state index in [1.165, 1.54) is 22.3 Å². The van der Waals surface area contributed by atoms with Gasteiger partial charge in [-0.25, -0.2) is 0 Å². The number of carboxylic acid groups (broad SMARTS) is 1. The van der Waals surface area contributed by atoms with Crippen LogP contribution in [0, 0.1) is 26.7 Å². The zero-order chi connectivity index (χ0) is 15.4. The second-order valence-corrected chi connectivity index (χ2v) is 5.81. The van der Waals surface area contributed by atoms with Gasteiger partial charge >= 0.3 is 5.97 Å². The molecular formula is C19H22O2. The number of hydrogen-bond donors (Lipinski definition) is 1. The van der Waals surface area contributed by atoms with Gasteiger partial charge in [0.05, 0.1) is 5.92 Å². The minimum absolute atomic E-state index is 0.382. The van der Waals surface area contributed by atoms with E-state index in [0.29, 0.717) is 12.8 Å². The highest BCUT2D eigenvalue weighted by Crippen LogP contribution is 2.22. The highest BCUT2D eigenvalue weighted by Gasteiger charge is 2.20. The van der Waals surface area contributed by atoms with Crippen molar-refractivity contribution >= 4 is 5.97 Å². The number of carboxylic acids is 1. The number of rotatable bonds is 5. The summed E-state index contributed by atoms with van der Waals surface area (Å²) in [5.41, 5.74) is 5.85. The molecule has 0 bridgehead atoms. The molecule has 2 nitrogen and oxygen atoms in total. The lowest BCUT2D eigenvalue weighted by atomic mass is 9.88. The van der Waals surface area contributed by atoms with E-state index in [0.717, 1.165) is 5.56 Å². The first-order valence-corrected chi connectivity index (χ1v) is 7.31. The number of aryl methyl sites for hydroxylation is 3. The van der Waals surface area contributed by atoms with Gasteiger partial charge in [0.2, 0.25) is 0 Å². The molecule has 0 amide bonds. The van der Waals surface area contributed by atoms with Crippen LogP contribution in [0.4, 0.5) is 0 Å². The average Bonchev–Trinajstić information content (AvgIpc) is 2.42. The Morgan fingerprint density at radius 1 is 1.00 bits per heavy atom. The molecule has 0 radical (unpaired) electrons. The number of benzene rings is 2. The van der Waals surface area contributed by atoms with Crippen LogP contribution in [0.1, 0.15) is 27.8 Å². The normalized spacial score (nSPS) is 12.1. The summed E-state index contributed by atoms with van der Waals surface area (Å²) in [6.07, 6.45) is 1.16. The summed E-state index contributed by atoms with van der Waals surface area (Å²) in [4.78, 5) is 11.6. The lowest BCUT2D eigenvalue weighted by Gasteiger charge is -2.17. The minimum atomic E-state index is -0.724. The van der Waals surface area contributed by atoms with E-state index < -0.39 is 5.97 Å². The molecule has 2 aromatic carbocycles. The van der Waals surface area contributed by atoms with Gasteiger partial charge < -0.3 is 5.11 Å². The minimum Gasteiger partial charge on any atom is -0.481 e. The smallest absolute Gasteiger partial charge is 0.307 e. The molecule has 0 aliphatic rings. The Balaban J connectivity index is 2.23. The second-order valence-electron chi connectivity index (χ2n) is 5.81. The van der Waals surface area contributed by atoms with Gasteiger partial charge in [-0.1, -0.05) is 48.0 Å². The summed E-state index contributed by atoms with van der Waals surface area (Å²) in [5.74, 6) is -1.11. The summed E-state index contributed by atoms with van der Waals surface area (Å²) in [5, 5.41) is 9.53. The molecule has 2 rings (SSSR count). The van der Waals surface area contributed by atoms with E-state index in [1.807, 2.05) is 30.3 Å². The molecule has 0 aliphatic carbocycles. The third-order valence-electron chi connectivity index (χ3n) is 3.97. The Hall–Kier alpha value is -2.09. The van der Waals surface area contributed by atoms with E-state index in [4.69, 9.17) is 0 Å². The van der Waals surface area contributed by atoms with Crippen molar-refractivity contribution in [1.29, 1.82) is 0 Å². The summed E-state index contributed by atoms with van der Waals surface area (Å²) in [6.45, 7) is 6.20. The van der Waals surface area contributed by atoms with Gasteiger partial charge in [0.1, 0.15) is 0 Å². The van der Waals surface area contributed by atoms with Gasteiger partial charge in [-0.2, -0.15) is 0 Å². The quantitative estimate of drug-likeness (QED) is 0.896. The molecule has 0 aromatic heterocycles. The Kier molecular flexibility index (Phi) is 4.79. The van der Waals surface area contributed by atoms with Gasteiger partial charge in [-0.15, -0.1) is 0 Å². The van der Waals surface area contributed by atoms with E-state index in [1.54, 1.807) is 0 Å². The van der Waals surface area contributed by atoms with Gasteiger partial charge in [-0.3, -0.25) is 4.79 Å². The number of carbonyl (C=O) groups is 1. The van der Waals surface area contributed by atoms with Crippen molar-refractivity contribution in [3.05, 3.63) is 70.3 Å². The standard InChI is InChI=1S/C19H22O2/c1-13-9-14(2)18(15(3)10-13)12-17(19(20)21)11-16-7-5-4-6-8-16/h4-10,17H,11-12H2,1-3H3,(H,20,21). The second kappa shape index (κ2) is 6.57. The first kappa shape index (κ1) is 15.3. The third kappa shape index (κ3) is 3.94. The fourth-order valence-electron chi connectivity index (χ4n) is 2.92. The van der Waals surface area contributed by atoms with Crippen molar-refractivity contribution < 1.29 is 9.90 Å². The fraction of sp³-hybridized carbons (Fsp3) is 0.316. The Bertz CT molecular complexity index is 606. The van der Waals surface area contributed by atoms with Gasteiger partial charge in [0, 0.05) is 0 Å². The van der Waals surface area contributed by atoms with Crippen LogP contribution in [-0.2, 0) is 17.6 Å². The molecule has 0 fully saturated rings. The van der Waals surface area contributed by atoms with Crippen molar-refractivity contribution in [3.8, 4) is 0 Å². The van der Waals surface area contributed by atoms with Crippen molar-refractivity contribution in [2.24, 2.45) is 5.92 Å². The number of aliphatic carboxylic acids is 1. The Morgan fingerprint density at radius 2 is 1.57 bits per heavy atom. The summed E-state index contributed by atoms with van der Waals surface area (Å²) in [6, 6.07) is 14.1. The van der Waals surface area contributed by atoms with Crippen LogP contribution in [0.2, 0.25) is 0 Å². The predicted molar refractivity (Wildman–Crippen MR) is 85.6 cm³/mol. The first-order valence-electron chi connectivity index (χ1n) is 7.31. The molecule has 21 heavy (non-hydrogen) atoms. The summed E-state index contributed by atoms with van der Waals surface area (Å²) < 4.78 is 0. The maximum Gasteiger partial charge on any atom is 0.307 e. The lowest BCUT2D eigenvalue weighted by molar-refractivity contribution is -0.141. The van der Waals surface area contributed by atoms with Gasteiger partial charge in [0.25, 0.3) is 0 Å². The predicted octanol–water partition coefficient (Wildman–Crippen LogP) is 4.10. The largest absolute Gasteiger partial charge is 0.481 e. The maximum absolute atomic E-state index is 11.6. The molecule has 2 heteroatoms. The molecule has 0 saturated carbocycles. The van der Waals surface area contributed by atoms with Crippen LogP contribution in [0.15, 0.2) is 42.5 Å². The third-order valence-corrected chi connectivity index (χ3v) is 3.97. The van der Waals surface area contributed by atoms with E-state index in [9.17, 15) is 9.90 Å². The average molecular weight is 282 g/mol. The van der Waals surface area contributed by atoms with Crippen LogP contribution in [0.3, 0.4) is 0 Å². The highest BCUT2D eigenvalue weighted by atomic mass is 16.4. The van der Waals surface area contributed by atoms with Crippen LogP contribution in [0.25, 0.3) is 0 Å². The zero-order valence-corrected chi connectivity index (χ0v) is 12.9. The van der Waals surface area contributed by atoms with E-state index in [2.05, 4.69) is 32.9 Å². The van der Waals surface area contributed by atoms with E-state index in [-0.39, 0.29) is 5.92 Å². The molecule has 2 aromatic rings. The van der Waals surface area contributed by atoms with Crippen molar-refractivity contribution in [2.75, 3.05) is 0 Å². The highest BCUT2D eigenvalue weighted by molar-refractivity contribution is 5.71. The van der Waals surface area contributed by atoms with Crippen LogP contribution in [0.5, 0.6) is 0 Å². The molecular weight excluding hydrogens is 260 g/mol. The van der Waals surface area contributed by atoms with Crippen molar-refractivity contribution in [1.82, 2.24) is 0 Å². The molecule has 0 heterocycles. The summed E-state index contributed by atoms with van der Waals surface area (Å²) in [7, 11) is 0. The lowest BCUT2D eigenvalue weighted by Crippen LogP contribution is -2.20.